The number of carbonyl (C=O) groups excluding carboxylic acids is 2. The summed E-state index contributed by atoms with van der Waals surface area (Å²) in [4.78, 5) is 35.4. The molecule has 1 heterocycles. The first-order valence-corrected chi connectivity index (χ1v) is 10.7. The molecule has 0 bridgehead atoms. The number of hydrogen-bond donors (Lipinski definition) is 3. The van der Waals surface area contributed by atoms with Gasteiger partial charge in [0.2, 0.25) is 0 Å². The van der Waals surface area contributed by atoms with Crippen LogP contribution in [0.1, 0.15) is 49.4 Å². The number of carbonyl (C=O) groups is 2. The van der Waals surface area contributed by atoms with Crippen LogP contribution in [0.4, 0.5) is 22.1 Å². The van der Waals surface area contributed by atoms with Gasteiger partial charge in [0.25, 0.3) is 5.91 Å². The average Bonchev–Trinajstić information content (AvgIpc) is 2.71. The second-order valence-corrected chi connectivity index (χ2v) is 8.52. The van der Waals surface area contributed by atoms with Crippen LogP contribution in [0.25, 0.3) is 0 Å². The van der Waals surface area contributed by atoms with Crippen LogP contribution in [0.3, 0.4) is 0 Å². The van der Waals surface area contributed by atoms with Crippen LogP contribution in [0.15, 0.2) is 24.3 Å². The fourth-order valence-electron chi connectivity index (χ4n) is 2.98. The number of benzene rings is 1. The molecule has 0 saturated heterocycles. The van der Waals surface area contributed by atoms with E-state index in [0.717, 1.165) is 16.9 Å². The highest BCUT2D eigenvalue weighted by atomic mass is 16.6. The van der Waals surface area contributed by atoms with Gasteiger partial charge in [-0.2, -0.15) is 0 Å². The molecule has 0 fully saturated rings. The lowest BCUT2D eigenvalue weighted by Crippen LogP contribution is -2.33. The van der Waals surface area contributed by atoms with Crippen LogP contribution in [0, 0.1) is 0 Å². The van der Waals surface area contributed by atoms with E-state index in [2.05, 4.69) is 25.9 Å². The fourth-order valence-corrected chi connectivity index (χ4v) is 2.98. The van der Waals surface area contributed by atoms with E-state index in [9.17, 15) is 9.59 Å². The van der Waals surface area contributed by atoms with Crippen LogP contribution in [-0.2, 0) is 17.6 Å². The van der Waals surface area contributed by atoms with Crippen molar-refractivity contribution < 1.29 is 14.3 Å². The Hall–Kier alpha value is -3.36. The molecule has 32 heavy (non-hydrogen) atoms. The van der Waals surface area contributed by atoms with Crippen molar-refractivity contribution in [3.8, 4) is 0 Å². The SMILES string of the molecule is CCc1nc(C(=O)NC)c(Nc2cccc(CCNC(=O)OC(C)(C)C)c2)nc1N(C)C. The van der Waals surface area contributed by atoms with Gasteiger partial charge < -0.3 is 25.6 Å². The molecular weight excluding hydrogens is 408 g/mol. The van der Waals surface area contributed by atoms with E-state index in [-0.39, 0.29) is 11.6 Å². The first-order valence-electron chi connectivity index (χ1n) is 10.7. The maximum absolute atomic E-state index is 12.4. The minimum atomic E-state index is -0.532. The van der Waals surface area contributed by atoms with E-state index in [0.29, 0.717) is 31.0 Å². The summed E-state index contributed by atoms with van der Waals surface area (Å²) in [7, 11) is 5.35. The number of ether oxygens (including phenoxy) is 1. The predicted molar refractivity (Wildman–Crippen MR) is 127 cm³/mol. The van der Waals surface area contributed by atoms with Gasteiger partial charge >= 0.3 is 6.09 Å². The summed E-state index contributed by atoms with van der Waals surface area (Å²) in [6, 6.07) is 7.72. The normalized spacial score (nSPS) is 11.0. The number of alkyl carbamates (subject to hydrolysis) is 1. The smallest absolute Gasteiger partial charge is 0.407 e. The molecule has 1 aromatic carbocycles. The molecule has 174 valence electrons. The molecular formula is C23H34N6O3. The molecule has 0 saturated carbocycles. The van der Waals surface area contributed by atoms with E-state index in [1.165, 1.54) is 0 Å². The molecule has 0 spiro atoms. The number of aryl methyl sites for hydroxylation is 1. The second-order valence-electron chi connectivity index (χ2n) is 8.52. The third kappa shape index (κ3) is 7.11. The molecule has 0 aliphatic carbocycles. The first-order chi connectivity index (χ1) is 15.0. The van der Waals surface area contributed by atoms with Crippen LogP contribution < -0.4 is 20.9 Å². The number of anilines is 3. The molecule has 2 aromatic rings. The number of nitrogens with one attached hydrogen (secondary N) is 3. The molecule has 0 aliphatic heterocycles. The lowest BCUT2D eigenvalue weighted by atomic mass is 10.1. The number of amides is 2. The standard InChI is InChI=1S/C23H34N6O3/c1-8-17-20(29(6)7)28-19(18(27-17)21(30)24-5)26-16-11-9-10-15(14-16)12-13-25-22(31)32-23(2,3)4/h9-11,14H,8,12-13H2,1-7H3,(H,24,30)(H,25,31)(H,26,28). The van der Waals surface area contributed by atoms with Crippen molar-refractivity contribution in [3.63, 3.8) is 0 Å². The van der Waals surface area contributed by atoms with Gasteiger partial charge in [-0.25, -0.2) is 14.8 Å². The van der Waals surface area contributed by atoms with Gasteiger partial charge in [0.15, 0.2) is 17.3 Å². The van der Waals surface area contributed by atoms with Crippen LogP contribution in [0.2, 0.25) is 0 Å². The highest BCUT2D eigenvalue weighted by Gasteiger charge is 2.19. The van der Waals surface area contributed by atoms with Crippen molar-refractivity contribution in [1.29, 1.82) is 0 Å². The van der Waals surface area contributed by atoms with Crippen molar-refractivity contribution >= 4 is 29.3 Å². The predicted octanol–water partition coefficient (Wildman–Crippen LogP) is 3.28. The van der Waals surface area contributed by atoms with Gasteiger partial charge in [-0.1, -0.05) is 19.1 Å². The molecule has 0 unspecified atom stereocenters. The largest absolute Gasteiger partial charge is 0.444 e. The molecule has 1 aromatic heterocycles. The topological polar surface area (TPSA) is 108 Å². The van der Waals surface area contributed by atoms with Crippen molar-refractivity contribution in [2.24, 2.45) is 0 Å². The Morgan fingerprint density at radius 1 is 1.16 bits per heavy atom. The first kappa shape index (κ1) is 24.9. The quantitative estimate of drug-likeness (QED) is 0.576. The highest BCUT2D eigenvalue weighted by molar-refractivity contribution is 5.97. The fraction of sp³-hybridized carbons (Fsp3) is 0.478. The maximum Gasteiger partial charge on any atom is 0.407 e. The van der Waals surface area contributed by atoms with E-state index < -0.39 is 11.7 Å². The minimum Gasteiger partial charge on any atom is -0.444 e. The van der Waals surface area contributed by atoms with Gasteiger partial charge in [-0.15, -0.1) is 0 Å². The Morgan fingerprint density at radius 3 is 2.47 bits per heavy atom. The summed E-state index contributed by atoms with van der Waals surface area (Å²) in [6.45, 7) is 7.90. The van der Waals surface area contributed by atoms with Crippen LogP contribution >= 0.6 is 0 Å². The monoisotopic (exact) mass is 442 g/mol. The van der Waals surface area contributed by atoms with Gasteiger partial charge in [0.05, 0.1) is 5.69 Å². The van der Waals surface area contributed by atoms with Crippen molar-refractivity contribution in [2.45, 2.75) is 46.1 Å². The van der Waals surface area contributed by atoms with Crippen LogP contribution in [0.5, 0.6) is 0 Å². The molecule has 0 atom stereocenters. The van der Waals surface area contributed by atoms with Gasteiger partial charge in [0.1, 0.15) is 5.60 Å². The molecule has 2 amide bonds. The number of hydrogen-bond acceptors (Lipinski definition) is 7. The number of rotatable bonds is 8. The molecule has 9 nitrogen and oxygen atoms in total. The van der Waals surface area contributed by atoms with E-state index >= 15 is 0 Å². The van der Waals surface area contributed by atoms with Crippen molar-refractivity contribution in [2.75, 3.05) is 37.9 Å². The van der Waals surface area contributed by atoms with Gasteiger partial charge in [0, 0.05) is 33.4 Å². The third-order valence-electron chi connectivity index (χ3n) is 4.42. The van der Waals surface area contributed by atoms with E-state index in [1.807, 2.05) is 71.0 Å². The third-order valence-corrected chi connectivity index (χ3v) is 4.42. The average molecular weight is 443 g/mol. The summed E-state index contributed by atoms with van der Waals surface area (Å²) < 4.78 is 5.25. The zero-order valence-corrected chi connectivity index (χ0v) is 20.0. The summed E-state index contributed by atoms with van der Waals surface area (Å²) in [5.74, 6) is 0.785. The zero-order valence-electron chi connectivity index (χ0n) is 20.0. The Kier molecular flexibility index (Phi) is 8.40. The highest BCUT2D eigenvalue weighted by Crippen LogP contribution is 2.24. The Labute approximate surface area is 190 Å². The summed E-state index contributed by atoms with van der Waals surface area (Å²) >= 11 is 0. The lowest BCUT2D eigenvalue weighted by molar-refractivity contribution is 0.0528. The van der Waals surface area contributed by atoms with Crippen molar-refractivity contribution in [1.82, 2.24) is 20.6 Å². The molecule has 0 radical (unpaired) electrons. The molecule has 9 heteroatoms. The summed E-state index contributed by atoms with van der Waals surface area (Å²) in [5.41, 5.74) is 2.25. The van der Waals surface area contributed by atoms with Gasteiger partial charge in [-0.3, -0.25) is 4.79 Å². The Morgan fingerprint density at radius 2 is 1.88 bits per heavy atom. The summed E-state index contributed by atoms with van der Waals surface area (Å²) in [6.07, 6.45) is 0.843. The lowest BCUT2D eigenvalue weighted by Gasteiger charge is -2.20. The second kappa shape index (κ2) is 10.8. The zero-order chi connectivity index (χ0) is 23.9. The van der Waals surface area contributed by atoms with E-state index in [1.54, 1.807) is 7.05 Å². The van der Waals surface area contributed by atoms with Crippen LogP contribution in [-0.4, -0.2) is 55.3 Å². The minimum absolute atomic E-state index is 0.243. The Balaban J connectivity index is 2.19. The molecule has 2 rings (SSSR count). The van der Waals surface area contributed by atoms with Gasteiger partial charge in [-0.05, 0) is 51.3 Å². The van der Waals surface area contributed by atoms with Crippen molar-refractivity contribution in [3.05, 3.63) is 41.2 Å². The molecule has 3 N–H and O–H groups in total. The number of aromatic nitrogens is 2. The Bertz CT molecular complexity index is 953. The van der Waals surface area contributed by atoms with E-state index in [4.69, 9.17) is 4.74 Å². The maximum atomic E-state index is 12.4. The summed E-state index contributed by atoms with van der Waals surface area (Å²) in [5, 5.41) is 8.62. The molecule has 0 aliphatic rings. The number of nitrogens with zero attached hydrogens (tertiary/aromatic N) is 3.